The van der Waals surface area contributed by atoms with E-state index in [1.165, 1.54) is 12.1 Å². The molecule has 1 aromatic carbocycles. The van der Waals surface area contributed by atoms with Gasteiger partial charge in [-0.15, -0.1) is 0 Å². The Labute approximate surface area is 100 Å². The molecule has 2 nitrogen and oxygen atoms in total. The molecule has 0 spiro atoms. The van der Waals surface area contributed by atoms with E-state index < -0.39 is 0 Å². The van der Waals surface area contributed by atoms with Crippen LogP contribution >= 0.6 is 0 Å². The highest BCUT2D eigenvalue weighted by atomic mass is 19.1. The fraction of sp³-hybridized carbons (Fsp3) is 0.286. The van der Waals surface area contributed by atoms with Gasteiger partial charge in [0.1, 0.15) is 11.6 Å². The Morgan fingerprint density at radius 2 is 1.94 bits per heavy atom. The Morgan fingerprint density at radius 3 is 2.65 bits per heavy atom. The van der Waals surface area contributed by atoms with E-state index >= 15 is 0 Å². The number of hydrogen-bond acceptors (Lipinski definition) is 2. The standard InChI is InChI=1S/C14H16FNO/c1-2-8-16-10-14-13(7-9-17-14)11-3-5-12(15)6-4-11/h3-7,9,16H,2,8,10H2,1H3. The summed E-state index contributed by atoms with van der Waals surface area (Å²) in [7, 11) is 0. The molecular weight excluding hydrogens is 217 g/mol. The number of rotatable bonds is 5. The second-order valence-electron chi connectivity index (χ2n) is 3.94. The highest BCUT2D eigenvalue weighted by Crippen LogP contribution is 2.24. The number of benzene rings is 1. The first kappa shape index (κ1) is 11.9. The first-order valence-electron chi connectivity index (χ1n) is 5.84. The molecule has 0 aliphatic carbocycles. The highest BCUT2D eigenvalue weighted by Gasteiger charge is 2.08. The van der Waals surface area contributed by atoms with Gasteiger partial charge >= 0.3 is 0 Å². The zero-order valence-corrected chi connectivity index (χ0v) is 9.87. The zero-order chi connectivity index (χ0) is 12.1. The van der Waals surface area contributed by atoms with Crippen LogP contribution in [0.1, 0.15) is 19.1 Å². The summed E-state index contributed by atoms with van der Waals surface area (Å²) in [5, 5.41) is 3.29. The molecule has 0 radical (unpaired) electrons. The minimum Gasteiger partial charge on any atom is -0.467 e. The average molecular weight is 233 g/mol. The van der Waals surface area contributed by atoms with Gasteiger partial charge in [0.2, 0.25) is 0 Å². The van der Waals surface area contributed by atoms with Crippen LogP contribution in [0, 0.1) is 5.82 Å². The summed E-state index contributed by atoms with van der Waals surface area (Å²) >= 11 is 0. The van der Waals surface area contributed by atoms with E-state index in [1.54, 1.807) is 18.4 Å². The predicted molar refractivity (Wildman–Crippen MR) is 66.1 cm³/mol. The number of nitrogens with one attached hydrogen (secondary N) is 1. The molecular formula is C14H16FNO. The third kappa shape index (κ3) is 2.94. The van der Waals surface area contributed by atoms with Crippen LogP contribution in [0.4, 0.5) is 4.39 Å². The van der Waals surface area contributed by atoms with E-state index in [9.17, 15) is 4.39 Å². The van der Waals surface area contributed by atoms with Crippen LogP contribution in [0.2, 0.25) is 0 Å². The van der Waals surface area contributed by atoms with Crippen LogP contribution in [0.3, 0.4) is 0 Å². The molecule has 2 aromatic rings. The molecule has 3 heteroatoms. The Hall–Kier alpha value is -1.61. The average Bonchev–Trinajstić information content (AvgIpc) is 2.79. The molecule has 1 N–H and O–H groups in total. The Balaban J connectivity index is 2.15. The molecule has 0 saturated heterocycles. The van der Waals surface area contributed by atoms with Crippen LogP contribution in [-0.4, -0.2) is 6.54 Å². The van der Waals surface area contributed by atoms with Gasteiger partial charge < -0.3 is 9.73 Å². The summed E-state index contributed by atoms with van der Waals surface area (Å²) in [6.45, 7) is 3.78. The number of hydrogen-bond donors (Lipinski definition) is 1. The van der Waals surface area contributed by atoms with Crippen molar-refractivity contribution in [2.45, 2.75) is 19.9 Å². The third-order valence-electron chi connectivity index (χ3n) is 2.61. The maximum absolute atomic E-state index is 12.8. The van der Waals surface area contributed by atoms with Crippen molar-refractivity contribution in [3.05, 3.63) is 48.2 Å². The minimum atomic E-state index is -0.220. The largest absolute Gasteiger partial charge is 0.467 e. The first-order valence-corrected chi connectivity index (χ1v) is 5.84. The highest BCUT2D eigenvalue weighted by molar-refractivity contribution is 5.65. The topological polar surface area (TPSA) is 25.2 Å². The van der Waals surface area contributed by atoms with Crippen molar-refractivity contribution in [1.82, 2.24) is 5.32 Å². The molecule has 0 amide bonds. The molecule has 0 bridgehead atoms. The Morgan fingerprint density at radius 1 is 1.18 bits per heavy atom. The Bertz CT molecular complexity index is 461. The summed E-state index contributed by atoms with van der Waals surface area (Å²) in [6.07, 6.45) is 2.76. The third-order valence-corrected chi connectivity index (χ3v) is 2.61. The fourth-order valence-electron chi connectivity index (χ4n) is 1.74. The molecule has 0 unspecified atom stereocenters. The predicted octanol–water partition coefficient (Wildman–Crippen LogP) is 3.59. The van der Waals surface area contributed by atoms with Crippen molar-refractivity contribution in [2.75, 3.05) is 6.54 Å². The van der Waals surface area contributed by atoms with Gasteiger partial charge in [0.15, 0.2) is 0 Å². The van der Waals surface area contributed by atoms with Gasteiger partial charge in [-0.25, -0.2) is 4.39 Å². The van der Waals surface area contributed by atoms with Crippen LogP contribution in [0.15, 0.2) is 41.0 Å². The van der Waals surface area contributed by atoms with Crippen LogP contribution in [0.5, 0.6) is 0 Å². The summed E-state index contributed by atoms with van der Waals surface area (Å²) < 4.78 is 18.3. The SMILES string of the molecule is CCCNCc1occc1-c1ccc(F)cc1. The fourth-order valence-corrected chi connectivity index (χ4v) is 1.74. The van der Waals surface area contributed by atoms with Gasteiger partial charge in [-0.1, -0.05) is 19.1 Å². The van der Waals surface area contributed by atoms with E-state index in [1.807, 2.05) is 6.07 Å². The quantitative estimate of drug-likeness (QED) is 0.798. The van der Waals surface area contributed by atoms with Gasteiger partial charge in [-0.2, -0.15) is 0 Å². The van der Waals surface area contributed by atoms with Crippen molar-refractivity contribution in [1.29, 1.82) is 0 Å². The Kier molecular flexibility index (Phi) is 3.94. The monoisotopic (exact) mass is 233 g/mol. The second kappa shape index (κ2) is 5.64. The minimum absolute atomic E-state index is 0.220. The van der Waals surface area contributed by atoms with E-state index in [-0.39, 0.29) is 5.82 Å². The molecule has 0 aliphatic rings. The van der Waals surface area contributed by atoms with Crippen molar-refractivity contribution in [2.24, 2.45) is 0 Å². The van der Waals surface area contributed by atoms with Crippen LogP contribution in [0.25, 0.3) is 11.1 Å². The van der Waals surface area contributed by atoms with Crippen molar-refractivity contribution in [3.63, 3.8) is 0 Å². The molecule has 17 heavy (non-hydrogen) atoms. The molecule has 2 rings (SSSR count). The van der Waals surface area contributed by atoms with E-state index in [0.717, 1.165) is 29.9 Å². The normalized spacial score (nSPS) is 10.7. The lowest BCUT2D eigenvalue weighted by Gasteiger charge is -2.04. The first-order chi connectivity index (χ1) is 8.31. The lowest BCUT2D eigenvalue weighted by molar-refractivity contribution is 0.484. The van der Waals surface area contributed by atoms with Gasteiger partial charge in [-0.05, 0) is 36.7 Å². The molecule has 1 heterocycles. The maximum atomic E-state index is 12.8. The summed E-state index contributed by atoms with van der Waals surface area (Å²) in [6, 6.07) is 8.38. The van der Waals surface area contributed by atoms with Crippen LogP contribution < -0.4 is 5.32 Å². The van der Waals surface area contributed by atoms with Gasteiger partial charge in [0.05, 0.1) is 12.8 Å². The maximum Gasteiger partial charge on any atom is 0.125 e. The van der Waals surface area contributed by atoms with Crippen molar-refractivity contribution >= 4 is 0 Å². The van der Waals surface area contributed by atoms with E-state index in [2.05, 4.69) is 12.2 Å². The molecule has 0 atom stereocenters. The lowest BCUT2D eigenvalue weighted by atomic mass is 10.1. The molecule has 1 aromatic heterocycles. The lowest BCUT2D eigenvalue weighted by Crippen LogP contribution is -2.13. The molecule has 90 valence electrons. The second-order valence-corrected chi connectivity index (χ2v) is 3.94. The smallest absolute Gasteiger partial charge is 0.125 e. The molecule has 0 aliphatic heterocycles. The summed E-state index contributed by atoms with van der Waals surface area (Å²) in [5.74, 6) is 0.674. The molecule has 0 fully saturated rings. The van der Waals surface area contributed by atoms with Crippen molar-refractivity contribution in [3.8, 4) is 11.1 Å². The number of halogens is 1. The number of furan rings is 1. The van der Waals surface area contributed by atoms with Gasteiger partial charge in [-0.3, -0.25) is 0 Å². The van der Waals surface area contributed by atoms with E-state index in [0.29, 0.717) is 6.54 Å². The van der Waals surface area contributed by atoms with Crippen LogP contribution in [-0.2, 0) is 6.54 Å². The zero-order valence-electron chi connectivity index (χ0n) is 9.87. The molecule has 0 saturated carbocycles. The van der Waals surface area contributed by atoms with E-state index in [4.69, 9.17) is 4.42 Å². The van der Waals surface area contributed by atoms with Gasteiger partial charge in [0.25, 0.3) is 0 Å². The summed E-state index contributed by atoms with van der Waals surface area (Å²) in [4.78, 5) is 0. The van der Waals surface area contributed by atoms with Crippen molar-refractivity contribution < 1.29 is 8.81 Å². The van der Waals surface area contributed by atoms with Gasteiger partial charge in [0, 0.05) is 5.56 Å². The summed E-state index contributed by atoms with van der Waals surface area (Å²) in [5.41, 5.74) is 2.00.